The van der Waals surface area contributed by atoms with Crippen LogP contribution in [0.5, 0.6) is 5.75 Å². The van der Waals surface area contributed by atoms with Crippen molar-refractivity contribution in [2.45, 2.75) is 59.9 Å². The van der Waals surface area contributed by atoms with Gasteiger partial charge in [0.2, 0.25) is 0 Å². The second-order valence-corrected chi connectivity index (χ2v) is 10.9. The van der Waals surface area contributed by atoms with Crippen molar-refractivity contribution in [3.8, 4) is 5.75 Å². The second kappa shape index (κ2) is 12.0. The van der Waals surface area contributed by atoms with Crippen LogP contribution < -0.4 is 9.64 Å². The van der Waals surface area contributed by atoms with Crippen molar-refractivity contribution in [3.63, 3.8) is 0 Å². The lowest BCUT2D eigenvalue weighted by atomic mass is 9.93. The first kappa shape index (κ1) is 29.0. The molecule has 2 heterocycles. The Kier molecular flexibility index (Phi) is 8.73. The Balaban J connectivity index is 1.87. The Morgan fingerprint density at radius 3 is 2.40 bits per heavy atom. The summed E-state index contributed by atoms with van der Waals surface area (Å²) in [7, 11) is 0. The Bertz CT molecular complexity index is 1470. The zero-order valence-electron chi connectivity index (χ0n) is 23.6. The fourth-order valence-electron chi connectivity index (χ4n) is 4.61. The van der Waals surface area contributed by atoms with Crippen LogP contribution in [-0.4, -0.2) is 41.0 Å². The Labute approximate surface area is 238 Å². The van der Waals surface area contributed by atoms with Gasteiger partial charge in [0.25, 0.3) is 5.78 Å². The molecule has 1 N–H and O–H groups in total. The molecule has 210 valence electrons. The minimum atomic E-state index is -0.946. The third-order valence-corrected chi connectivity index (χ3v) is 7.86. The lowest BCUT2D eigenvalue weighted by molar-refractivity contribution is -0.132. The highest BCUT2D eigenvalue weighted by molar-refractivity contribution is 7.17. The number of esters is 1. The fourth-order valence-corrected chi connectivity index (χ4v) is 5.59. The van der Waals surface area contributed by atoms with Crippen LogP contribution in [0.2, 0.25) is 0 Å². The minimum absolute atomic E-state index is 0.0468. The molecule has 2 aromatic carbocycles. The van der Waals surface area contributed by atoms with Gasteiger partial charge in [0.1, 0.15) is 16.4 Å². The number of aryl methyl sites for hydroxylation is 2. The van der Waals surface area contributed by atoms with Crippen LogP contribution in [0.25, 0.3) is 5.76 Å². The molecule has 0 saturated carbocycles. The van der Waals surface area contributed by atoms with Crippen molar-refractivity contribution in [3.05, 3.63) is 80.9 Å². The van der Waals surface area contributed by atoms with E-state index in [2.05, 4.69) is 18.8 Å². The maximum absolute atomic E-state index is 13.5. The lowest BCUT2D eigenvalue weighted by Crippen LogP contribution is -2.29. The molecule has 0 bridgehead atoms. The normalized spacial score (nSPS) is 16.6. The number of anilines is 1. The molecule has 1 saturated heterocycles. The minimum Gasteiger partial charge on any atom is -0.507 e. The number of rotatable bonds is 9. The van der Waals surface area contributed by atoms with Crippen LogP contribution in [-0.2, 0) is 14.3 Å². The van der Waals surface area contributed by atoms with Gasteiger partial charge in [-0.1, -0.05) is 56.4 Å². The molecule has 1 amide bonds. The highest BCUT2D eigenvalue weighted by atomic mass is 32.1. The van der Waals surface area contributed by atoms with E-state index in [0.717, 1.165) is 28.9 Å². The van der Waals surface area contributed by atoms with Crippen LogP contribution in [0.4, 0.5) is 5.13 Å². The van der Waals surface area contributed by atoms with Crippen molar-refractivity contribution in [2.75, 3.05) is 18.1 Å². The molecule has 9 heteroatoms. The van der Waals surface area contributed by atoms with Crippen molar-refractivity contribution in [1.82, 2.24) is 4.98 Å². The van der Waals surface area contributed by atoms with E-state index in [4.69, 9.17) is 9.47 Å². The quantitative estimate of drug-likeness (QED) is 0.138. The monoisotopic (exact) mass is 562 g/mol. The Morgan fingerprint density at radius 2 is 1.80 bits per heavy atom. The van der Waals surface area contributed by atoms with E-state index in [9.17, 15) is 19.5 Å². The summed E-state index contributed by atoms with van der Waals surface area (Å²) in [6, 6.07) is 11.8. The average molecular weight is 563 g/mol. The van der Waals surface area contributed by atoms with Gasteiger partial charge in [-0.3, -0.25) is 14.5 Å². The summed E-state index contributed by atoms with van der Waals surface area (Å²) in [6.07, 6.45) is 0.855. The Morgan fingerprint density at radius 1 is 1.10 bits per heavy atom. The van der Waals surface area contributed by atoms with Gasteiger partial charge in [-0.2, -0.15) is 0 Å². The summed E-state index contributed by atoms with van der Waals surface area (Å²) in [5.74, 6) is -1.52. The topological polar surface area (TPSA) is 106 Å². The predicted octanol–water partition coefficient (Wildman–Crippen LogP) is 6.48. The molecule has 3 aromatic rings. The molecule has 1 atom stereocenters. The number of amides is 1. The van der Waals surface area contributed by atoms with Gasteiger partial charge in [-0.15, -0.1) is 0 Å². The standard InChI is InChI=1S/C31H34N2O6S/c1-7-15-39-23-14-13-22(16-18(23)5)26(34)24-25(21-11-9-20(10-12-21)17(3)4)33(29(36)27(24)35)31-32-19(6)28(40-31)30(37)38-8-2/h9-14,16-17,25,34H,7-8,15H2,1-6H3. The van der Waals surface area contributed by atoms with E-state index in [1.807, 2.05) is 38.1 Å². The predicted molar refractivity (Wildman–Crippen MR) is 155 cm³/mol. The van der Waals surface area contributed by atoms with Gasteiger partial charge in [-0.25, -0.2) is 9.78 Å². The first-order valence-electron chi connectivity index (χ1n) is 13.4. The molecule has 1 aliphatic rings. The van der Waals surface area contributed by atoms with Crippen molar-refractivity contribution in [2.24, 2.45) is 0 Å². The molecule has 4 rings (SSSR count). The number of aromatic nitrogens is 1. The SMILES string of the molecule is CCCOc1ccc(C(O)=C2C(=O)C(=O)N(c3nc(C)c(C(=O)OCC)s3)C2c2ccc(C(C)C)cc2)cc1C. The number of hydrogen-bond donors (Lipinski definition) is 1. The van der Waals surface area contributed by atoms with Crippen LogP contribution in [0.1, 0.15) is 83.7 Å². The van der Waals surface area contributed by atoms with Crippen LogP contribution in [0.15, 0.2) is 48.0 Å². The zero-order chi connectivity index (χ0) is 29.1. The number of ketones is 1. The fraction of sp³-hybridized carbons (Fsp3) is 0.355. The van der Waals surface area contributed by atoms with Crippen molar-refractivity contribution < 1.29 is 29.0 Å². The van der Waals surface area contributed by atoms with Gasteiger partial charge < -0.3 is 14.6 Å². The maximum atomic E-state index is 13.5. The van der Waals surface area contributed by atoms with Crippen LogP contribution in [0, 0.1) is 13.8 Å². The smallest absolute Gasteiger partial charge is 0.350 e. The number of aliphatic hydroxyl groups is 1. The molecule has 1 aromatic heterocycles. The molecule has 0 aliphatic carbocycles. The van der Waals surface area contributed by atoms with Gasteiger partial charge in [0, 0.05) is 5.56 Å². The first-order chi connectivity index (χ1) is 19.1. The van der Waals surface area contributed by atoms with Gasteiger partial charge >= 0.3 is 11.9 Å². The van der Waals surface area contributed by atoms with Gasteiger partial charge in [0.15, 0.2) is 5.13 Å². The van der Waals surface area contributed by atoms with Gasteiger partial charge in [0.05, 0.1) is 30.5 Å². The molecule has 0 spiro atoms. The number of Topliss-reactive ketones (excluding diaryl/α,β-unsaturated/α-hetero) is 1. The Hall–Kier alpha value is -3.98. The summed E-state index contributed by atoms with van der Waals surface area (Å²) in [5.41, 5.74) is 3.26. The lowest BCUT2D eigenvalue weighted by Gasteiger charge is -2.23. The molecule has 1 fully saturated rings. The summed E-state index contributed by atoms with van der Waals surface area (Å²) >= 11 is 0.985. The molecular weight excluding hydrogens is 528 g/mol. The average Bonchev–Trinajstić information content (AvgIpc) is 3.44. The number of thiazole rings is 1. The number of hydrogen-bond acceptors (Lipinski definition) is 8. The number of carbonyl (C=O) groups is 3. The van der Waals surface area contributed by atoms with E-state index in [1.54, 1.807) is 32.0 Å². The maximum Gasteiger partial charge on any atom is 0.350 e. The molecular formula is C31H34N2O6S. The molecule has 0 radical (unpaired) electrons. The zero-order valence-corrected chi connectivity index (χ0v) is 24.4. The molecule has 1 aliphatic heterocycles. The van der Waals surface area contributed by atoms with Gasteiger partial charge in [-0.05, 0) is 68.0 Å². The number of aliphatic hydroxyl groups excluding tert-OH is 1. The van der Waals surface area contributed by atoms with Crippen LogP contribution >= 0.6 is 11.3 Å². The van der Waals surface area contributed by atoms with E-state index in [0.29, 0.717) is 29.2 Å². The summed E-state index contributed by atoms with van der Waals surface area (Å²) in [4.78, 5) is 45.6. The van der Waals surface area contributed by atoms with E-state index >= 15 is 0 Å². The number of benzene rings is 2. The number of nitrogens with zero attached hydrogens (tertiary/aromatic N) is 2. The number of carbonyl (C=O) groups excluding carboxylic acids is 3. The van der Waals surface area contributed by atoms with Crippen molar-refractivity contribution in [1.29, 1.82) is 0 Å². The molecule has 1 unspecified atom stereocenters. The summed E-state index contributed by atoms with van der Waals surface area (Å²) in [6.45, 7) is 12.1. The first-order valence-corrected chi connectivity index (χ1v) is 14.2. The van der Waals surface area contributed by atoms with E-state index < -0.39 is 23.7 Å². The summed E-state index contributed by atoms with van der Waals surface area (Å²) in [5, 5.41) is 11.7. The van der Waals surface area contributed by atoms with Crippen LogP contribution in [0.3, 0.4) is 0 Å². The van der Waals surface area contributed by atoms with Crippen molar-refractivity contribution >= 4 is 39.9 Å². The highest BCUT2D eigenvalue weighted by Gasteiger charge is 2.48. The molecule has 40 heavy (non-hydrogen) atoms. The second-order valence-electron chi connectivity index (χ2n) is 9.95. The number of ether oxygens (including phenoxy) is 2. The third-order valence-electron chi connectivity index (χ3n) is 6.73. The molecule has 8 nitrogen and oxygen atoms in total. The largest absolute Gasteiger partial charge is 0.507 e. The summed E-state index contributed by atoms with van der Waals surface area (Å²) < 4.78 is 10.9. The van der Waals surface area contributed by atoms with E-state index in [-0.39, 0.29) is 33.9 Å². The highest BCUT2D eigenvalue weighted by Crippen LogP contribution is 2.44. The van der Waals surface area contributed by atoms with E-state index in [1.165, 1.54) is 4.90 Å². The third kappa shape index (κ3) is 5.51.